The summed E-state index contributed by atoms with van der Waals surface area (Å²) in [6.07, 6.45) is 3.53. The first kappa shape index (κ1) is 24.0. The van der Waals surface area contributed by atoms with Gasteiger partial charge in [0.1, 0.15) is 11.7 Å². The van der Waals surface area contributed by atoms with Gasteiger partial charge in [0.15, 0.2) is 0 Å². The summed E-state index contributed by atoms with van der Waals surface area (Å²) in [7, 11) is 0. The molecule has 6 aromatic rings. The van der Waals surface area contributed by atoms with Crippen LogP contribution in [0.3, 0.4) is 0 Å². The quantitative estimate of drug-likeness (QED) is 0.191. The van der Waals surface area contributed by atoms with Gasteiger partial charge >= 0.3 is 0 Å². The Morgan fingerprint density at radius 2 is 1.46 bits per heavy atom. The predicted octanol–water partition coefficient (Wildman–Crippen LogP) is 7.17. The Hall–Kier alpha value is -4.10. The summed E-state index contributed by atoms with van der Waals surface area (Å²) in [4.78, 5) is 8.59. The molecule has 1 radical (unpaired) electrons. The molecule has 0 atom stereocenters. The van der Waals surface area contributed by atoms with E-state index in [0.717, 1.165) is 44.4 Å². The number of aromatic nitrogens is 2. The average molecular weight is 630 g/mol. The fourth-order valence-corrected chi connectivity index (χ4v) is 3.82. The number of fused-ring (bicyclic) bond motifs is 3. The molecule has 0 aliphatic carbocycles. The van der Waals surface area contributed by atoms with Crippen LogP contribution in [0.15, 0.2) is 102 Å². The molecule has 0 saturated heterocycles. The first-order valence-corrected chi connectivity index (χ1v) is 10.8. The third-order valence-corrected chi connectivity index (χ3v) is 5.49. The van der Waals surface area contributed by atoms with Crippen molar-refractivity contribution in [3.05, 3.63) is 121 Å². The van der Waals surface area contributed by atoms with Crippen molar-refractivity contribution in [2.24, 2.45) is 0 Å². The molecule has 0 spiro atoms. The number of nitriles is 1. The van der Waals surface area contributed by atoms with Crippen LogP contribution in [0.1, 0.15) is 11.1 Å². The minimum Gasteiger partial charge on any atom is -0.499 e. The molecule has 0 amide bonds. The monoisotopic (exact) mass is 630 g/mol. The second-order valence-corrected chi connectivity index (χ2v) is 7.65. The second-order valence-electron chi connectivity index (χ2n) is 7.65. The predicted molar refractivity (Wildman–Crippen MR) is 134 cm³/mol. The molecule has 171 valence electrons. The third-order valence-electron chi connectivity index (χ3n) is 5.49. The summed E-state index contributed by atoms with van der Waals surface area (Å²) >= 11 is 0. The first-order chi connectivity index (χ1) is 16.8. The summed E-state index contributed by atoms with van der Waals surface area (Å²) in [6, 6.07) is 35.8. The van der Waals surface area contributed by atoms with Crippen LogP contribution in [-0.4, -0.2) is 9.97 Å². The molecule has 6 rings (SSSR count). The molecular weight excluding hydrogens is 611 g/mol. The average Bonchev–Trinajstić information content (AvgIpc) is 3.29. The van der Waals surface area contributed by atoms with E-state index in [1.54, 1.807) is 12.4 Å². The van der Waals surface area contributed by atoms with Crippen molar-refractivity contribution in [3.8, 4) is 28.6 Å². The van der Waals surface area contributed by atoms with Crippen LogP contribution >= 0.6 is 0 Å². The van der Waals surface area contributed by atoms with E-state index in [2.05, 4.69) is 28.2 Å². The number of nitrogens with zero attached hydrogens (tertiary/aromatic N) is 3. The van der Waals surface area contributed by atoms with E-state index in [1.807, 2.05) is 91.9 Å². The molecule has 0 N–H and O–H groups in total. The topological polar surface area (TPSA) is 62.7 Å². The van der Waals surface area contributed by atoms with Crippen molar-refractivity contribution in [1.29, 1.82) is 5.26 Å². The zero-order valence-corrected chi connectivity index (χ0v) is 21.2. The Bertz CT molecular complexity index is 1570. The van der Waals surface area contributed by atoms with Crippen molar-refractivity contribution in [2.75, 3.05) is 0 Å². The number of benzene rings is 3. The van der Waals surface area contributed by atoms with E-state index < -0.39 is 0 Å². The van der Waals surface area contributed by atoms with Gasteiger partial charge in [-0.3, -0.25) is 0 Å². The van der Waals surface area contributed by atoms with Crippen LogP contribution in [0.25, 0.3) is 44.5 Å². The summed E-state index contributed by atoms with van der Waals surface area (Å²) < 4.78 is 6.05. The van der Waals surface area contributed by atoms with Crippen molar-refractivity contribution in [1.82, 2.24) is 9.97 Å². The van der Waals surface area contributed by atoms with Gasteiger partial charge in [0.2, 0.25) is 0 Å². The summed E-state index contributed by atoms with van der Waals surface area (Å²) in [6.45, 7) is 1.91. The van der Waals surface area contributed by atoms with E-state index in [1.165, 1.54) is 0 Å². The SMILES string of the molecule is Cc1ccc2c(oc3c(-c4ccccn4)[c-]ccc32)c1C#N.[Ir].[c-]1ccccc1-c1ccccn1. The molecule has 0 fully saturated rings. The fourth-order valence-electron chi connectivity index (χ4n) is 3.82. The molecular formula is C30H19IrN3O-2. The molecule has 0 aliphatic rings. The Morgan fingerprint density at radius 1 is 0.743 bits per heavy atom. The van der Waals surface area contributed by atoms with Crippen molar-refractivity contribution >= 4 is 21.9 Å². The van der Waals surface area contributed by atoms with Crippen molar-refractivity contribution < 1.29 is 24.5 Å². The molecule has 5 heteroatoms. The fraction of sp³-hybridized carbons (Fsp3) is 0.0333. The smallest absolute Gasteiger partial charge is 0.138 e. The Kier molecular flexibility index (Phi) is 7.47. The van der Waals surface area contributed by atoms with Crippen LogP contribution in [0.2, 0.25) is 0 Å². The van der Waals surface area contributed by atoms with Crippen LogP contribution < -0.4 is 0 Å². The first-order valence-electron chi connectivity index (χ1n) is 10.8. The third kappa shape index (κ3) is 4.90. The molecule has 0 saturated carbocycles. The zero-order chi connectivity index (χ0) is 23.3. The number of pyridine rings is 2. The molecule has 0 unspecified atom stereocenters. The summed E-state index contributed by atoms with van der Waals surface area (Å²) in [5, 5.41) is 11.3. The number of rotatable bonds is 2. The number of hydrogen-bond acceptors (Lipinski definition) is 4. The largest absolute Gasteiger partial charge is 0.499 e. The van der Waals surface area contributed by atoms with E-state index in [0.29, 0.717) is 11.1 Å². The van der Waals surface area contributed by atoms with Gasteiger partial charge in [0.05, 0.1) is 11.1 Å². The Morgan fingerprint density at radius 3 is 2.11 bits per heavy atom. The molecule has 0 aliphatic heterocycles. The zero-order valence-electron chi connectivity index (χ0n) is 18.8. The Balaban J connectivity index is 0.000000189. The maximum absolute atomic E-state index is 9.40. The van der Waals surface area contributed by atoms with Gasteiger partial charge in [-0.15, -0.1) is 54.1 Å². The number of furan rings is 1. The molecule has 3 aromatic carbocycles. The molecule has 35 heavy (non-hydrogen) atoms. The van der Waals surface area contributed by atoms with Crippen LogP contribution in [0.5, 0.6) is 0 Å². The van der Waals surface area contributed by atoms with Crippen LogP contribution in [0.4, 0.5) is 0 Å². The van der Waals surface area contributed by atoms with E-state index in [9.17, 15) is 5.26 Å². The van der Waals surface area contributed by atoms with Gasteiger partial charge in [0.25, 0.3) is 0 Å². The van der Waals surface area contributed by atoms with Gasteiger partial charge in [-0.05, 0) is 36.0 Å². The van der Waals surface area contributed by atoms with Crippen LogP contribution in [-0.2, 0) is 20.1 Å². The minimum atomic E-state index is 0. The minimum absolute atomic E-state index is 0. The molecule has 3 heterocycles. The molecule has 3 aromatic heterocycles. The maximum Gasteiger partial charge on any atom is 0.138 e. The van der Waals surface area contributed by atoms with Crippen LogP contribution in [0, 0.1) is 30.4 Å². The van der Waals surface area contributed by atoms with Crippen molar-refractivity contribution in [2.45, 2.75) is 6.92 Å². The molecule has 0 bridgehead atoms. The van der Waals surface area contributed by atoms with E-state index in [4.69, 9.17) is 4.42 Å². The standard InChI is InChI=1S/C19H11N2O.C11H8N.Ir/c1-12-8-9-14-13-5-4-6-15(17-7-2-3-10-21-17)18(13)22-19(14)16(12)11-20;1-2-6-10(7-3-1)11-8-4-5-9-12-11;/h2-5,7-10H,1H3;1-6,8-9H;/q2*-1;. The van der Waals surface area contributed by atoms with Gasteiger partial charge in [0, 0.05) is 37.9 Å². The normalized spacial score (nSPS) is 10.2. The second kappa shape index (κ2) is 10.9. The van der Waals surface area contributed by atoms with Gasteiger partial charge in [-0.25, -0.2) is 0 Å². The van der Waals surface area contributed by atoms with Crippen molar-refractivity contribution in [3.63, 3.8) is 0 Å². The maximum atomic E-state index is 9.40. The number of hydrogen-bond donors (Lipinski definition) is 0. The van der Waals surface area contributed by atoms with E-state index >= 15 is 0 Å². The van der Waals surface area contributed by atoms with Gasteiger partial charge in [-0.1, -0.05) is 47.3 Å². The van der Waals surface area contributed by atoms with E-state index in [-0.39, 0.29) is 20.1 Å². The summed E-state index contributed by atoms with van der Waals surface area (Å²) in [5.74, 6) is 0. The van der Waals surface area contributed by atoms with Gasteiger partial charge < -0.3 is 14.4 Å². The molecule has 4 nitrogen and oxygen atoms in total. The summed E-state index contributed by atoms with van der Waals surface area (Å²) in [5.41, 5.74) is 6.49. The number of aryl methyl sites for hydroxylation is 1. The van der Waals surface area contributed by atoms with Gasteiger partial charge in [-0.2, -0.15) is 5.26 Å². The Labute approximate surface area is 217 Å².